The fourth-order valence-corrected chi connectivity index (χ4v) is 3.19. The number of aryl methyl sites for hydroxylation is 1. The van der Waals surface area contributed by atoms with E-state index in [-0.39, 0.29) is 6.04 Å². The second-order valence-corrected chi connectivity index (χ2v) is 6.02. The predicted octanol–water partition coefficient (Wildman–Crippen LogP) is 2.92. The van der Waals surface area contributed by atoms with Crippen LogP contribution in [0.3, 0.4) is 0 Å². The van der Waals surface area contributed by atoms with Crippen LogP contribution in [0, 0.1) is 0 Å². The molecule has 5 heteroatoms. The van der Waals surface area contributed by atoms with Crippen molar-refractivity contribution in [2.45, 2.75) is 25.3 Å². The number of fused-ring (bicyclic) bond motifs is 1. The standard InChI is InChI=1S/C16H18BrN3O/c17-13-2-1-8-19-16(13)14(20-18)5-3-11-4-6-15-12(10-11)7-9-21-15/h1-2,4,6,8,10,14,20H,3,5,7,9,18H2. The highest BCUT2D eigenvalue weighted by molar-refractivity contribution is 9.10. The number of nitrogens with zero attached hydrogens (tertiary/aromatic N) is 1. The van der Waals surface area contributed by atoms with Gasteiger partial charge < -0.3 is 4.74 Å². The van der Waals surface area contributed by atoms with E-state index in [1.807, 2.05) is 12.1 Å². The third-order valence-electron chi connectivity index (χ3n) is 3.79. The summed E-state index contributed by atoms with van der Waals surface area (Å²) in [4.78, 5) is 4.41. The van der Waals surface area contributed by atoms with E-state index in [2.05, 4.69) is 44.5 Å². The Morgan fingerprint density at radius 1 is 1.38 bits per heavy atom. The molecule has 1 aromatic carbocycles. The Morgan fingerprint density at radius 3 is 3.10 bits per heavy atom. The second-order valence-electron chi connectivity index (χ2n) is 5.17. The molecule has 0 saturated carbocycles. The van der Waals surface area contributed by atoms with Gasteiger partial charge in [0, 0.05) is 17.1 Å². The van der Waals surface area contributed by atoms with E-state index >= 15 is 0 Å². The number of nitrogens with two attached hydrogens (primary N) is 1. The average Bonchev–Trinajstić information content (AvgIpc) is 2.97. The van der Waals surface area contributed by atoms with Crippen molar-refractivity contribution >= 4 is 15.9 Å². The zero-order valence-corrected chi connectivity index (χ0v) is 13.3. The van der Waals surface area contributed by atoms with Gasteiger partial charge >= 0.3 is 0 Å². The Labute approximate surface area is 132 Å². The summed E-state index contributed by atoms with van der Waals surface area (Å²) in [5, 5.41) is 0. The fraction of sp³-hybridized carbons (Fsp3) is 0.312. The lowest BCUT2D eigenvalue weighted by Crippen LogP contribution is -2.29. The lowest BCUT2D eigenvalue weighted by molar-refractivity contribution is 0.357. The Morgan fingerprint density at radius 2 is 2.29 bits per heavy atom. The maximum atomic E-state index is 5.70. The molecule has 110 valence electrons. The van der Waals surface area contributed by atoms with Crippen molar-refractivity contribution in [2.75, 3.05) is 6.61 Å². The molecule has 0 spiro atoms. The molecule has 0 fully saturated rings. The van der Waals surface area contributed by atoms with Crippen molar-refractivity contribution < 1.29 is 4.74 Å². The molecular formula is C16H18BrN3O. The van der Waals surface area contributed by atoms with Crippen LogP contribution in [0.1, 0.15) is 29.3 Å². The second kappa shape index (κ2) is 6.56. The number of pyridine rings is 1. The number of halogens is 1. The van der Waals surface area contributed by atoms with E-state index in [4.69, 9.17) is 10.6 Å². The van der Waals surface area contributed by atoms with Gasteiger partial charge in [-0.1, -0.05) is 12.1 Å². The van der Waals surface area contributed by atoms with E-state index in [0.717, 1.165) is 41.8 Å². The van der Waals surface area contributed by atoms with Crippen molar-refractivity contribution in [1.82, 2.24) is 10.4 Å². The molecule has 1 aliphatic rings. The van der Waals surface area contributed by atoms with Crippen molar-refractivity contribution in [3.05, 3.63) is 57.8 Å². The zero-order valence-electron chi connectivity index (χ0n) is 11.7. The minimum atomic E-state index is 0.0325. The molecule has 1 aliphatic heterocycles. The van der Waals surface area contributed by atoms with Gasteiger partial charge in [-0.25, -0.2) is 0 Å². The smallest absolute Gasteiger partial charge is 0.122 e. The van der Waals surface area contributed by atoms with Crippen LogP contribution >= 0.6 is 15.9 Å². The largest absolute Gasteiger partial charge is 0.493 e. The maximum Gasteiger partial charge on any atom is 0.122 e. The highest BCUT2D eigenvalue weighted by Gasteiger charge is 2.16. The average molecular weight is 348 g/mol. The quantitative estimate of drug-likeness (QED) is 0.644. The molecule has 3 rings (SSSR count). The van der Waals surface area contributed by atoms with Crippen LogP contribution in [0.2, 0.25) is 0 Å². The number of ether oxygens (including phenoxy) is 1. The molecule has 0 bridgehead atoms. The number of hydrazine groups is 1. The number of benzene rings is 1. The van der Waals surface area contributed by atoms with Crippen LogP contribution in [-0.2, 0) is 12.8 Å². The monoisotopic (exact) mass is 347 g/mol. The Balaban J connectivity index is 1.70. The summed E-state index contributed by atoms with van der Waals surface area (Å²) in [5.41, 5.74) is 6.43. The normalized spacial score (nSPS) is 14.6. The van der Waals surface area contributed by atoms with Crippen LogP contribution in [0.4, 0.5) is 0 Å². The molecule has 2 heterocycles. The van der Waals surface area contributed by atoms with Crippen LogP contribution in [0.5, 0.6) is 5.75 Å². The molecular weight excluding hydrogens is 330 g/mol. The van der Waals surface area contributed by atoms with Gasteiger partial charge in [0.25, 0.3) is 0 Å². The molecule has 0 saturated heterocycles. The zero-order chi connectivity index (χ0) is 14.7. The van der Waals surface area contributed by atoms with Crippen molar-refractivity contribution in [1.29, 1.82) is 0 Å². The number of aromatic nitrogens is 1. The number of nitrogens with one attached hydrogen (secondary N) is 1. The van der Waals surface area contributed by atoms with Gasteiger partial charge in [0.05, 0.1) is 18.3 Å². The lowest BCUT2D eigenvalue weighted by Gasteiger charge is -2.16. The van der Waals surface area contributed by atoms with E-state index in [1.165, 1.54) is 11.1 Å². The summed E-state index contributed by atoms with van der Waals surface area (Å²) in [7, 11) is 0. The van der Waals surface area contributed by atoms with E-state index in [1.54, 1.807) is 6.20 Å². The highest BCUT2D eigenvalue weighted by atomic mass is 79.9. The summed E-state index contributed by atoms with van der Waals surface area (Å²) in [6.45, 7) is 0.798. The first-order chi connectivity index (χ1) is 10.3. The fourth-order valence-electron chi connectivity index (χ4n) is 2.66. The Hall–Kier alpha value is -1.43. The number of rotatable bonds is 5. The molecule has 21 heavy (non-hydrogen) atoms. The van der Waals surface area contributed by atoms with Crippen LogP contribution in [0.25, 0.3) is 0 Å². The van der Waals surface area contributed by atoms with Crippen molar-refractivity contribution in [2.24, 2.45) is 5.84 Å². The van der Waals surface area contributed by atoms with Gasteiger partial charge in [-0.05, 0) is 58.1 Å². The highest BCUT2D eigenvalue weighted by Crippen LogP contribution is 2.28. The molecule has 1 unspecified atom stereocenters. The molecule has 3 N–H and O–H groups in total. The van der Waals surface area contributed by atoms with Gasteiger partial charge in [0.2, 0.25) is 0 Å². The molecule has 0 aliphatic carbocycles. The first-order valence-electron chi connectivity index (χ1n) is 7.09. The summed E-state index contributed by atoms with van der Waals surface area (Å²) in [6.07, 6.45) is 4.64. The van der Waals surface area contributed by atoms with Gasteiger partial charge in [-0.3, -0.25) is 16.3 Å². The van der Waals surface area contributed by atoms with Crippen LogP contribution < -0.4 is 16.0 Å². The SMILES string of the molecule is NNC(CCc1ccc2c(c1)CCO2)c1ncccc1Br. The molecule has 2 aromatic rings. The number of hydrogen-bond donors (Lipinski definition) is 2. The van der Waals surface area contributed by atoms with Gasteiger partial charge in [0.15, 0.2) is 0 Å². The maximum absolute atomic E-state index is 5.70. The number of hydrogen-bond acceptors (Lipinski definition) is 4. The topological polar surface area (TPSA) is 60.2 Å². The lowest BCUT2D eigenvalue weighted by atomic mass is 10.0. The Kier molecular flexibility index (Phi) is 4.53. The Bertz CT molecular complexity index is 633. The van der Waals surface area contributed by atoms with Crippen LogP contribution in [0.15, 0.2) is 41.0 Å². The third kappa shape index (κ3) is 3.26. The summed E-state index contributed by atoms with van der Waals surface area (Å²) in [5.74, 6) is 6.72. The van der Waals surface area contributed by atoms with E-state index < -0.39 is 0 Å². The first-order valence-corrected chi connectivity index (χ1v) is 7.88. The summed E-state index contributed by atoms with van der Waals surface area (Å²) >= 11 is 3.53. The van der Waals surface area contributed by atoms with Crippen molar-refractivity contribution in [3.63, 3.8) is 0 Å². The first kappa shape index (κ1) is 14.5. The van der Waals surface area contributed by atoms with Gasteiger partial charge in [-0.2, -0.15) is 0 Å². The van der Waals surface area contributed by atoms with Gasteiger partial charge in [-0.15, -0.1) is 0 Å². The summed E-state index contributed by atoms with van der Waals surface area (Å²) in [6, 6.07) is 10.4. The third-order valence-corrected chi connectivity index (χ3v) is 4.46. The van der Waals surface area contributed by atoms with E-state index in [0.29, 0.717) is 0 Å². The minimum Gasteiger partial charge on any atom is -0.493 e. The van der Waals surface area contributed by atoms with Crippen LogP contribution in [-0.4, -0.2) is 11.6 Å². The van der Waals surface area contributed by atoms with Gasteiger partial charge in [0.1, 0.15) is 5.75 Å². The minimum absolute atomic E-state index is 0.0325. The predicted molar refractivity (Wildman–Crippen MR) is 86.0 cm³/mol. The summed E-state index contributed by atoms with van der Waals surface area (Å²) < 4.78 is 6.52. The molecule has 0 amide bonds. The molecule has 1 aromatic heterocycles. The van der Waals surface area contributed by atoms with E-state index in [9.17, 15) is 0 Å². The molecule has 1 atom stereocenters. The molecule has 0 radical (unpaired) electrons. The van der Waals surface area contributed by atoms with Crippen molar-refractivity contribution in [3.8, 4) is 5.75 Å². The molecule has 4 nitrogen and oxygen atoms in total.